The number of hydrogen-bond donors (Lipinski definition) is 2. The summed E-state index contributed by atoms with van der Waals surface area (Å²) < 4.78 is 18.3. The molecule has 1 aromatic carbocycles. The molecule has 1 aliphatic heterocycles. The lowest BCUT2D eigenvalue weighted by molar-refractivity contribution is -0.148. The minimum atomic E-state index is -1.60. The van der Waals surface area contributed by atoms with Gasteiger partial charge in [0.1, 0.15) is 12.6 Å². The zero-order chi connectivity index (χ0) is 12.3. The first-order valence-electron chi connectivity index (χ1n) is 5.44. The van der Waals surface area contributed by atoms with Gasteiger partial charge in [0.15, 0.2) is 6.17 Å². The highest BCUT2D eigenvalue weighted by atomic mass is 19.1. The number of aliphatic hydroxyl groups is 1. The smallest absolute Gasteiger partial charge is 0.326 e. The summed E-state index contributed by atoms with van der Waals surface area (Å²) in [5.41, 5.74) is 0.842. The molecule has 0 bridgehead atoms. The van der Waals surface area contributed by atoms with Gasteiger partial charge in [0, 0.05) is 6.54 Å². The van der Waals surface area contributed by atoms with E-state index in [1.807, 2.05) is 30.3 Å². The summed E-state index contributed by atoms with van der Waals surface area (Å²) in [5, 5.41) is 11.7. The third kappa shape index (κ3) is 2.81. The normalized spacial score (nSPS) is 28.0. The van der Waals surface area contributed by atoms with Gasteiger partial charge in [0.05, 0.1) is 6.10 Å². The van der Waals surface area contributed by atoms with Crippen LogP contribution in [0.1, 0.15) is 5.56 Å². The number of halogens is 1. The standard InChI is InChI=1S/C12H14FNO3/c13-10-9(15)6-14-11(10)12(16)17-7-8-4-2-1-3-5-8/h1-5,9-11,14-15H,6-7H2/t9-,10-,11-/m0/s1. The van der Waals surface area contributed by atoms with Gasteiger partial charge in [0.25, 0.3) is 0 Å². The van der Waals surface area contributed by atoms with Gasteiger partial charge in [-0.1, -0.05) is 30.3 Å². The Bertz CT molecular complexity index is 385. The Morgan fingerprint density at radius 3 is 2.76 bits per heavy atom. The molecule has 17 heavy (non-hydrogen) atoms. The van der Waals surface area contributed by atoms with Gasteiger partial charge in [-0.3, -0.25) is 10.1 Å². The lowest BCUT2D eigenvalue weighted by Gasteiger charge is -2.13. The second-order valence-corrected chi connectivity index (χ2v) is 3.99. The second kappa shape index (κ2) is 5.25. The van der Waals surface area contributed by atoms with Gasteiger partial charge >= 0.3 is 5.97 Å². The number of alkyl halides is 1. The predicted molar refractivity (Wildman–Crippen MR) is 58.9 cm³/mol. The Hall–Kier alpha value is -1.46. The van der Waals surface area contributed by atoms with Gasteiger partial charge in [0.2, 0.25) is 0 Å². The van der Waals surface area contributed by atoms with E-state index in [9.17, 15) is 9.18 Å². The Kier molecular flexibility index (Phi) is 3.71. The van der Waals surface area contributed by atoms with Crippen LogP contribution in [0, 0.1) is 0 Å². The third-order valence-electron chi connectivity index (χ3n) is 2.71. The van der Waals surface area contributed by atoms with Crippen LogP contribution < -0.4 is 5.32 Å². The van der Waals surface area contributed by atoms with Crippen LogP contribution in [0.25, 0.3) is 0 Å². The van der Waals surface area contributed by atoms with Crippen molar-refractivity contribution in [3.8, 4) is 0 Å². The van der Waals surface area contributed by atoms with Crippen molar-refractivity contribution in [3.63, 3.8) is 0 Å². The minimum Gasteiger partial charge on any atom is -0.460 e. The van der Waals surface area contributed by atoms with Crippen LogP contribution in [-0.4, -0.2) is 35.9 Å². The first kappa shape index (κ1) is 12.0. The number of benzene rings is 1. The van der Waals surface area contributed by atoms with Crippen molar-refractivity contribution in [1.82, 2.24) is 5.32 Å². The van der Waals surface area contributed by atoms with Crippen molar-refractivity contribution in [3.05, 3.63) is 35.9 Å². The molecule has 0 spiro atoms. The largest absolute Gasteiger partial charge is 0.460 e. The number of aliphatic hydroxyl groups excluding tert-OH is 1. The van der Waals surface area contributed by atoms with Crippen LogP contribution in [0.15, 0.2) is 30.3 Å². The van der Waals surface area contributed by atoms with Gasteiger partial charge in [-0.05, 0) is 5.56 Å². The fraction of sp³-hybridized carbons (Fsp3) is 0.417. The molecule has 0 aromatic heterocycles. The number of ether oxygens (including phenoxy) is 1. The van der Waals surface area contributed by atoms with E-state index in [-0.39, 0.29) is 13.2 Å². The van der Waals surface area contributed by atoms with Gasteiger partial charge in [-0.15, -0.1) is 0 Å². The van der Waals surface area contributed by atoms with Gasteiger partial charge in [-0.2, -0.15) is 0 Å². The maximum Gasteiger partial charge on any atom is 0.326 e. The van der Waals surface area contributed by atoms with E-state index >= 15 is 0 Å². The number of hydrogen-bond acceptors (Lipinski definition) is 4. The molecule has 1 aromatic rings. The summed E-state index contributed by atoms with van der Waals surface area (Å²) in [5.74, 6) is -0.669. The summed E-state index contributed by atoms with van der Waals surface area (Å²) in [7, 11) is 0. The predicted octanol–water partition coefficient (Wildman–Crippen LogP) is 0.401. The first-order valence-corrected chi connectivity index (χ1v) is 5.44. The molecule has 0 amide bonds. The Morgan fingerprint density at radius 1 is 1.47 bits per heavy atom. The summed E-state index contributed by atoms with van der Waals surface area (Å²) in [6.07, 6.45) is -2.73. The molecule has 1 saturated heterocycles. The fourth-order valence-electron chi connectivity index (χ4n) is 1.73. The van der Waals surface area contributed by atoms with Crippen molar-refractivity contribution >= 4 is 5.97 Å². The lowest BCUT2D eigenvalue weighted by atomic mass is 10.2. The molecular weight excluding hydrogens is 225 g/mol. The summed E-state index contributed by atoms with van der Waals surface area (Å²) in [4.78, 5) is 11.5. The highest BCUT2D eigenvalue weighted by molar-refractivity contribution is 5.77. The van der Waals surface area contributed by atoms with Crippen LogP contribution in [0.4, 0.5) is 4.39 Å². The Labute approximate surface area is 98.4 Å². The Morgan fingerprint density at radius 2 is 2.18 bits per heavy atom. The molecule has 0 unspecified atom stereocenters. The number of rotatable bonds is 3. The maximum absolute atomic E-state index is 13.3. The highest BCUT2D eigenvalue weighted by Gasteiger charge is 2.40. The van der Waals surface area contributed by atoms with Crippen molar-refractivity contribution in [2.24, 2.45) is 0 Å². The summed E-state index contributed by atoms with van der Waals surface area (Å²) in [6.45, 7) is 0.187. The fourth-order valence-corrected chi connectivity index (χ4v) is 1.73. The lowest BCUT2D eigenvalue weighted by Crippen LogP contribution is -2.39. The molecule has 92 valence electrons. The van der Waals surface area contributed by atoms with E-state index in [0.717, 1.165) is 5.56 Å². The Balaban J connectivity index is 1.86. The van der Waals surface area contributed by atoms with Crippen molar-refractivity contribution in [2.75, 3.05) is 6.54 Å². The zero-order valence-electron chi connectivity index (χ0n) is 9.17. The van der Waals surface area contributed by atoms with Crippen LogP contribution in [0.3, 0.4) is 0 Å². The monoisotopic (exact) mass is 239 g/mol. The number of carbonyl (C=O) groups excluding carboxylic acids is 1. The molecule has 0 radical (unpaired) electrons. The van der Waals surface area contributed by atoms with E-state index in [0.29, 0.717) is 0 Å². The minimum absolute atomic E-state index is 0.0757. The van der Waals surface area contributed by atoms with Crippen LogP contribution in [-0.2, 0) is 16.1 Å². The van der Waals surface area contributed by atoms with E-state index in [1.54, 1.807) is 0 Å². The number of esters is 1. The van der Waals surface area contributed by atoms with Crippen molar-refractivity contribution in [1.29, 1.82) is 0 Å². The van der Waals surface area contributed by atoms with E-state index in [4.69, 9.17) is 9.84 Å². The first-order chi connectivity index (χ1) is 8.18. The van der Waals surface area contributed by atoms with Crippen LogP contribution in [0.5, 0.6) is 0 Å². The highest BCUT2D eigenvalue weighted by Crippen LogP contribution is 2.14. The molecule has 2 rings (SSSR count). The van der Waals surface area contributed by atoms with Gasteiger partial charge < -0.3 is 9.84 Å². The molecular formula is C12H14FNO3. The van der Waals surface area contributed by atoms with E-state index < -0.39 is 24.3 Å². The average Bonchev–Trinajstić information content (AvgIpc) is 2.69. The number of carbonyl (C=O) groups is 1. The quantitative estimate of drug-likeness (QED) is 0.750. The molecule has 0 saturated carbocycles. The SMILES string of the molecule is O=C(OCc1ccccc1)[C@H]1NC[C@H](O)[C@@H]1F. The molecule has 5 heteroatoms. The van der Waals surface area contributed by atoms with Crippen LogP contribution in [0.2, 0.25) is 0 Å². The van der Waals surface area contributed by atoms with Crippen molar-refractivity contribution < 1.29 is 19.0 Å². The molecule has 1 heterocycles. The summed E-state index contributed by atoms with van der Waals surface area (Å²) >= 11 is 0. The third-order valence-corrected chi connectivity index (χ3v) is 2.71. The van der Waals surface area contributed by atoms with Crippen LogP contribution >= 0.6 is 0 Å². The molecule has 2 N–H and O–H groups in total. The number of nitrogens with one attached hydrogen (secondary N) is 1. The average molecular weight is 239 g/mol. The second-order valence-electron chi connectivity index (χ2n) is 3.99. The summed E-state index contributed by atoms with van der Waals surface area (Å²) in [6, 6.07) is 8.09. The maximum atomic E-state index is 13.3. The van der Waals surface area contributed by atoms with E-state index in [2.05, 4.69) is 5.32 Å². The van der Waals surface area contributed by atoms with Crippen molar-refractivity contribution in [2.45, 2.75) is 24.9 Å². The molecule has 0 aliphatic carbocycles. The molecule has 1 fully saturated rings. The van der Waals surface area contributed by atoms with E-state index in [1.165, 1.54) is 0 Å². The van der Waals surface area contributed by atoms with Gasteiger partial charge in [-0.25, -0.2) is 4.39 Å². The molecule has 3 atom stereocenters. The number of β-amino-alcohol motifs (C(OH)–C–C–N with tert-alkyl or cyclic N) is 1. The molecule has 4 nitrogen and oxygen atoms in total. The zero-order valence-corrected chi connectivity index (χ0v) is 9.17. The molecule has 1 aliphatic rings. The topological polar surface area (TPSA) is 58.6 Å².